The largest absolute Gasteiger partial charge is 0.507 e. The van der Waals surface area contributed by atoms with E-state index in [1.807, 2.05) is 25.1 Å². The molecule has 2 heterocycles. The Morgan fingerprint density at radius 2 is 1.79 bits per heavy atom. The summed E-state index contributed by atoms with van der Waals surface area (Å²) in [5, 5.41) is 10.3. The predicted molar refractivity (Wildman–Crippen MR) is 103 cm³/mol. The molecule has 1 unspecified atom stereocenters. The Balaban J connectivity index is 1.45. The van der Waals surface area contributed by atoms with Crippen LogP contribution in [0.2, 0.25) is 0 Å². The lowest BCUT2D eigenvalue weighted by Gasteiger charge is -2.20. The van der Waals surface area contributed by atoms with E-state index < -0.39 is 10.0 Å². The third-order valence-corrected chi connectivity index (χ3v) is 7.24. The van der Waals surface area contributed by atoms with Crippen molar-refractivity contribution in [1.29, 1.82) is 0 Å². The molecule has 0 amide bonds. The first-order chi connectivity index (χ1) is 13.4. The summed E-state index contributed by atoms with van der Waals surface area (Å²) in [6, 6.07) is 10.4. The molecule has 4 rings (SSSR count). The van der Waals surface area contributed by atoms with E-state index in [1.54, 1.807) is 22.5 Å². The van der Waals surface area contributed by atoms with Gasteiger partial charge in [-0.05, 0) is 25.1 Å². The number of fused-ring (bicyclic) bond motifs is 1. The van der Waals surface area contributed by atoms with Crippen molar-refractivity contribution < 1.29 is 27.9 Å². The predicted octanol–water partition coefficient (Wildman–Crippen LogP) is 0.909. The molecule has 2 aromatic rings. The monoisotopic (exact) mass is 405 g/mol. The Bertz CT molecular complexity index is 959. The number of benzene rings is 2. The van der Waals surface area contributed by atoms with Gasteiger partial charge in [0.1, 0.15) is 12.3 Å². The quantitative estimate of drug-likeness (QED) is 0.790. The van der Waals surface area contributed by atoms with Crippen molar-refractivity contribution >= 4 is 10.0 Å². The van der Waals surface area contributed by atoms with Gasteiger partial charge >= 0.3 is 0 Å². The molecule has 2 aliphatic heterocycles. The van der Waals surface area contributed by atoms with Gasteiger partial charge in [0.25, 0.3) is 0 Å². The zero-order chi connectivity index (χ0) is 19.7. The number of hydrogen-bond acceptors (Lipinski definition) is 5. The van der Waals surface area contributed by atoms with Crippen LogP contribution in [0.3, 0.4) is 0 Å². The molecule has 1 atom stereocenters. The summed E-state index contributed by atoms with van der Waals surface area (Å²) < 4.78 is 38.1. The summed E-state index contributed by atoms with van der Waals surface area (Å²) in [5.74, 6) is 1.39. The molecule has 1 saturated heterocycles. The van der Waals surface area contributed by atoms with E-state index in [-0.39, 0.29) is 12.5 Å². The molecular weight excluding hydrogens is 380 g/mol. The lowest BCUT2D eigenvalue weighted by molar-refractivity contribution is -0.911. The van der Waals surface area contributed by atoms with E-state index >= 15 is 0 Å². The third-order valence-electron chi connectivity index (χ3n) is 5.33. The van der Waals surface area contributed by atoms with Crippen molar-refractivity contribution in [1.82, 2.24) is 4.31 Å². The normalized spacial score (nSPS) is 20.1. The minimum atomic E-state index is -3.48. The molecule has 0 aromatic heterocycles. The average Bonchev–Trinajstić information content (AvgIpc) is 2.97. The van der Waals surface area contributed by atoms with Crippen LogP contribution >= 0.6 is 0 Å². The van der Waals surface area contributed by atoms with Gasteiger partial charge in [-0.1, -0.05) is 17.7 Å². The molecule has 28 heavy (non-hydrogen) atoms. The second kappa shape index (κ2) is 7.62. The number of rotatable bonds is 4. The average molecular weight is 405 g/mol. The molecular formula is C20H25N2O5S+. The number of aromatic hydroxyl groups is 1. The zero-order valence-corrected chi connectivity index (χ0v) is 16.7. The van der Waals surface area contributed by atoms with Gasteiger partial charge in [-0.2, -0.15) is 4.31 Å². The number of nitrogens with one attached hydrogen (secondary N) is 1. The Morgan fingerprint density at radius 3 is 2.54 bits per heavy atom. The summed E-state index contributed by atoms with van der Waals surface area (Å²) in [6.07, 6.45) is 0.770. The smallest absolute Gasteiger partial charge is 0.243 e. The van der Waals surface area contributed by atoms with E-state index in [9.17, 15) is 13.5 Å². The van der Waals surface area contributed by atoms with Crippen molar-refractivity contribution in [2.75, 3.05) is 33.0 Å². The molecule has 7 nitrogen and oxygen atoms in total. The van der Waals surface area contributed by atoms with Gasteiger partial charge in [0, 0.05) is 19.0 Å². The van der Waals surface area contributed by atoms with Crippen molar-refractivity contribution in [2.45, 2.75) is 24.8 Å². The fraction of sp³-hybridized carbons (Fsp3) is 0.400. The van der Waals surface area contributed by atoms with Crippen LogP contribution in [-0.2, 0) is 16.6 Å². The summed E-state index contributed by atoms with van der Waals surface area (Å²) in [5.41, 5.74) is 1.82. The van der Waals surface area contributed by atoms with Gasteiger partial charge in [-0.25, -0.2) is 8.42 Å². The molecule has 2 aliphatic rings. The van der Waals surface area contributed by atoms with Crippen molar-refractivity contribution in [2.24, 2.45) is 0 Å². The second-order valence-corrected chi connectivity index (χ2v) is 9.27. The molecule has 0 bridgehead atoms. The Kier molecular flexibility index (Phi) is 5.18. The van der Waals surface area contributed by atoms with Crippen LogP contribution in [0.4, 0.5) is 0 Å². The van der Waals surface area contributed by atoms with Gasteiger partial charge < -0.3 is 19.5 Å². The number of ether oxygens (including phenoxy) is 2. The Labute approximate surface area is 165 Å². The maximum atomic E-state index is 12.9. The number of sulfonamides is 1. The van der Waals surface area contributed by atoms with Gasteiger partial charge in [0.15, 0.2) is 11.5 Å². The van der Waals surface area contributed by atoms with Crippen LogP contribution in [0.5, 0.6) is 17.2 Å². The fourth-order valence-electron chi connectivity index (χ4n) is 3.69. The van der Waals surface area contributed by atoms with Gasteiger partial charge in [-0.3, -0.25) is 0 Å². The van der Waals surface area contributed by atoms with Crippen molar-refractivity contribution in [3.8, 4) is 17.2 Å². The van der Waals surface area contributed by atoms with E-state index in [0.717, 1.165) is 24.1 Å². The van der Waals surface area contributed by atoms with Crippen LogP contribution in [0.25, 0.3) is 0 Å². The number of phenols is 1. The first-order valence-corrected chi connectivity index (χ1v) is 10.9. The molecule has 1 fully saturated rings. The van der Waals surface area contributed by atoms with E-state index in [4.69, 9.17) is 9.47 Å². The van der Waals surface area contributed by atoms with Crippen molar-refractivity contribution in [3.63, 3.8) is 0 Å². The van der Waals surface area contributed by atoms with Crippen LogP contribution in [0, 0.1) is 6.92 Å². The standard InChI is InChI=1S/C20H24N2O5S/c1-15-3-5-17(6-4-15)28(24,25)22-8-2-7-21(9-10-22)13-16-11-19-20(12-18(16)23)27-14-26-19/h3-6,11-12,23H,2,7-10,13-14H2,1H3/p+1. The van der Waals surface area contributed by atoms with E-state index in [2.05, 4.69) is 0 Å². The molecule has 0 radical (unpaired) electrons. The van der Waals surface area contributed by atoms with E-state index in [1.165, 1.54) is 4.90 Å². The van der Waals surface area contributed by atoms with Crippen LogP contribution in [0.15, 0.2) is 41.3 Å². The minimum absolute atomic E-state index is 0.167. The van der Waals surface area contributed by atoms with E-state index in [0.29, 0.717) is 42.6 Å². The summed E-state index contributed by atoms with van der Waals surface area (Å²) >= 11 is 0. The first-order valence-electron chi connectivity index (χ1n) is 9.45. The molecule has 0 aliphatic carbocycles. The maximum Gasteiger partial charge on any atom is 0.243 e. The highest BCUT2D eigenvalue weighted by atomic mass is 32.2. The molecule has 2 N–H and O–H groups in total. The lowest BCUT2D eigenvalue weighted by Crippen LogP contribution is -3.11. The molecule has 2 aromatic carbocycles. The van der Waals surface area contributed by atoms with Crippen LogP contribution < -0.4 is 14.4 Å². The lowest BCUT2D eigenvalue weighted by atomic mass is 10.1. The van der Waals surface area contributed by atoms with Gasteiger partial charge in [-0.15, -0.1) is 0 Å². The number of phenolic OH excluding ortho intramolecular Hbond substituents is 1. The Hall–Kier alpha value is -2.29. The third kappa shape index (κ3) is 3.80. The fourth-order valence-corrected chi connectivity index (χ4v) is 5.17. The highest BCUT2D eigenvalue weighted by molar-refractivity contribution is 7.89. The van der Waals surface area contributed by atoms with Gasteiger partial charge in [0.05, 0.1) is 30.1 Å². The Morgan fingerprint density at radius 1 is 1.07 bits per heavy atom. The molecule has 150 valence electrons. The number of aryl methyl sites for hydroxylation is 1. The molecule has 8 heteroatoms. The summed E-state index contributed by atoms with van der Waals surface area (Å²) in [7, 11) is -3.48. The highest BCUT2D eigenvalue weighted by Crippen LogP contribution is 2.37. The number of hydrogen-bond donors (Lipinski definition) is 2. The SMILES string of the molecule is Cc1ccc(S(=O)(=O)N2CCC[NH+](Cc3cc4c(cc3O)OCO4)CC2)cc1. The number of nitrogens with zero attached hydrogens (tertiary/aromatic N) is 1. The maximum absolute atomic E-state index is 12.9. The zero-order valence-electron chi connectivity index (χ0n) is 15.8. The van der Waals surface area contributed by atoms with Crippen molar-refractivity contribution in [3.05, 3.63) is 47.5 Å². The minimum Gasteiger partial charge on any atom is -0.507 e. The van der Waals surface area contributed by atoms with Crippen LogP contribution in [-0.4, -0.2) is 50.8 Å². The number of quaternary nitrogens is 1. The van der Waals surface area contributed by atoms with Gasteiger partial charge in [0.2, 0.25) is 16.8 Å². The van der Waals surface area contributed by atoms with Crippen LogP contribution in [0.1, 0.15) is 17.5 Å². The second-order valence-electron chi connectivity index (χ2n) is 7.33. The topological polar surface area (TPSA) is 80.5 Å². The summed E-state index contributed by atoms with van der Waals surface area (Å²) in [4.78, 5) is 1.57. The highest BCUT2D eigenvalue weighted by Gasteiger charge is 2.29. The first kappa shape index (κ1) is 19.0. The molecule has 0 saturated carbocycles. The molecule has 0 spiro atoms. The summed E-state index contributed by atoms with van der Waals surface area (Å²) in [6.45, 7) is 5.20.